The minimum Gasteiger partial charge on any atom is -0.395 e. The van der Waals surface area contributed by atoms with Crippen molar-refractivity contribution in [1.29, 1.82) is 0 Å². The van der Waals surface area contributed by atoms with Gasteiger partial charge >= 0.3 is 0 Å². The van der Waals surface area contributed by atoms with E-state index in [4.69, 9.17) is 5.11 Å². The molecule has 86 valence electrons. The molecular weight excluding hydrogens is 204 g/mol. The average molecular weight is 220 g/mol. The molecule has 1 rings (SSSR count). The number of nitrogens with zero attached hydrogens (tertiary/aromatic N) is 1. The zero-order chi connectivity index (χ0) is 12.0. The standard InChI is InChI=1S/C12H16N2O2/c1-12(2,9-15)8-13-14-11(16)10-6-4-3-5-7-10/h3-8,15H,9H2,1-2H3,(H,14,16)/b13-8+. The number of rotatable bonds is 4. The highest BCUT2D eigenvalue weighted by molar-refractivity contribution is 5.94. The highest BCUT2D eigenvalue weighted by Gasteiger charge is 2.12. The van der Waals surface area contributed by atoms with Gasteiger partial charge in [-0.3, -0.25) is 4.79 Å². The Balaban J connectivity index is 2.54. The van der Waals surface area contributed by atoms with Gasteiger partial charge < -0.3 is 5.11 Å². The van der Waals surface area contributed by atoms with Crippen LogP contribution >= 0.6 is 0 Å². The Morgan fingerprint density at radius 1 is 1.44 bits per heavy atom. The summed E-state index contributed by atoms with van der Waals surface area (Å²) >= 11 is 0. The Morgan fingerprint density at radius 3 is 2.62 bits per heavy atom. The molecule has 0 spiro atoms. The van der Waals surface area contributed by atoms with Gasteiger partial charge in [0.15, 0.2) is 0 Å². The number of hydrogen-bond donors (Lipinski definition) is 2. The fourth-order valence-electron chi connectivity index (χ4n) is 0.961. The Bertz CT molecular complexity index is 372. The summed E-state index contributed by atoms with van der Waals surface area (Å²) in [6, 6.07) is 8.84. The number of amides is 1. The molecule has 0 unspecified atom stereocenters. The zero-order valence-electron chi connectivity index (χ0n) is 9.47. The van der Waals surface area contributed by atoms with Gasteiger partial charge in [-0.1, -0.05) is 32.0 Å². The van der Waals surface area contributed by atoms with Crippen molar-refractivity contribution >= 4 is 12.1 Å². The summed E-state index contributed by atoms with van der Waals surface area (Å²) in [5.74, 6) is -0.259. The minimum absolute atomic E-state index is 0.0162. The Morgan fingerprint density at radius 2 is 2.06 bits per heavy atom. The second-order valence-corrected chi connectivity index (χ2v) is 4.21. The summed E-state index contributed by atoms with van der Waals surface area (Å²) in [4.78, 5) is 11.5. The molecule has 1 aromatic rings. The predicted molar refractivity (Wildman–Crippen MR) is 63.3 cm³/mol. The van der Waals surface area contributed by atoms with E-state index in [0.29, 0.717) is 5.56 Å². The molecule has 0 aliphatic rings. The molecule has 2 N–H and O–H groups in total. The molecule has 4 nitrogen and oxygen atoms in total. The minimum atomic E-state index is -0.427. The molecule has 0 fully saturated rings. The van der Waals surface area contributed by atoms with Crippen LogP contribution in [0.4, 0.5) is 0 Å². The van der Waals surface area contributed by atoms with Crippen molar-refractivity contribution in [3.05, 3.63) is 35.9 Å². The third kappa shape index (κ3) is 3.82. The van der Waals surface area contributed by atoms with Crippen LogP contribution < -0.4 is 5.43 Å². The number of nitrogens with one attached hydrogen (secondary N) is 1. The Kier molecular flexibility index (Phi) is 4.19. The lowest BCUT2D eigenvalue weighted by atomic mass is 9.97. The normalized spacial score (nSPS) is 11.7. The quantitative estimate of drug-likeness (QED) is 0.595. The molecule has 0 radical (unpaired) electrons. The highest BCUT2D eigenvalue weighted by Crippen LogP contribution is 2.08. The van der Waals surface area contributed by atoms with Gasteiger partial charge in [0.25, 0.3) is 5.91 Å². The summed E-state index contributed by atoms with van der Waals surface area (Å²) in [6.45, 7) is 3.63. The summed E-state index contributed by atoms with van der Waals surface area (Å²) in [5, 5.41) is 12.8. The van der Waals surface area contributed by atoms with Crippen molar-refractivity contribution in [1.82, 2.24) is 5.43 Å². The molecule has 0 aliphatic heterocycles. The van der Waals surface area contributed by atoms with E-state index in [1.807, 2.05) is 19.9 Å². The van der Waals surface area contributed by atoms with Crippen LogP contribution in [0, 0.1) is 5.41 Å². The zero-order valence-corrected chi connectivity index (χ0v) is 9.47. The van der Waals surface area contributed by atoms with Gasteiger partial charge in [-0.05, 0) is 12.1 Å². The number of benzene rings is 1. The van der Waals surface area contributed by atoms with Crippen molar-refractivity contribution in [2.24, 2.45) is 10.5 Å². The van der Waals surface area contributed by atoms with Gasteiger partial charge in [-0.2, -0.15) is 5.10 Å². The third-order valence-electron chi connectivity index (χ3n) is 2.02. The van der Waals surface area contributed by atoms with E-state index in [-0.39, 0.29) is 12.5 Å². The number of carbonyl (C=O) groups excluding carboxylic acids is 1. The predicted octanol–water partition coefficient (Wildman–Crippen LogP) is 1.42. The van der Waals surface area contributed by atoms with Gasteiger partial charge in [0.2, 0.25) is 0 Å². The van der Waals surface area contributed by atoms with Crippen LogP contribution in [-0.2, 0) is 0 Å². The molecule has 0 aliphatic carbocycles. The summed E-state index contributed by atoms with van der Waals surface area (Å²) in [7, 11) is 0. The van der Waals surface area contributed by atoms with Gasteiger partial charge in [-0.25, -0.2) is 5.43 Å². The van der Waals surface area contributed by atoms with Crippen LogP contribution in [0.5, 0.6) is 0 Å². The maximum absolute atomic E-state index is 11.5. The SMILES string of the molecule is CC(C)(/C=N/NC(=O)c1ccccc1)CO. The molecule has 0 saturated carbocycles. The smallest absolute Gasteiger partial charge is 0.271 e. The number of carbonyl (C=O) groups is 1. The molecular formula is C12H16N2O2. The second-order valence-electron chi connectivity index (χ2n) is 4.21. The van der Waals surface area contributed by atoms with E-state index in [0.717, 1.165) is 0 Å². The summed E-state index contributed by atoms with van der Waals surface area (Å²) in [6.07, 6.45) is 1.52. The second kappa shape index (κ2) is 5.42. The maximum atomic E-state index is 11.5. The van der Waals surface area contributed by atoms with E-state index in [1.165, 1.54) is 6.21 Å². The van der Waals surface area contributed by atoms with Crippen LogP contribution in [0.25, 0.3) is 0 Å². The van der Waals surface area contributed by atoms with Crippen molar-refractivity contribution in [3.8, 4) is 0 Å². The summed E-state index contributed by atoms with van der Waals surface area (Å²) < 4.78 is 0. The first-order chi connectivity index (χ1) is 7.55. The van der Waals surface area contributed by atoms with Crippen LogP contribution in [0.1, 0.15) is 24.2 Å². The molecule has 0 atom stereocenters. The molecule has 16 heavy (non-hydrogen) atoms. The van der Waals surface area contributed by atoms with Crippen LogP contribution in [-0.4, -0.2) is 23.8 Å². The number of aliphatic hydroxyl groups excluding tert-OH is 1. The first-order valence-electron chi connectivity index (χ1n) is 5.06. The lowest BCUT2D eigenvalue weighted by Crippen LogP contribution is -2.23. The monoisotopic (exact) mass is 220 g/mol. The first-order valence-corrected chi connectivity index (χ1v) is 5.06. The Hall–Kier alpha value is -1.68. The largest absolute Gasteiger partial charge is 0.395 e. The van der Waals surface area contributed by atoms with Gasteiger partial charge in [-0.15, -0.1) is 0 Å². The summed E-state index contributed by atoms with van der Waals surface area (Å²) in [5.41, 5.74) is 2.54. The molecule has 0 heterocycles. The maximum Gasteiger partial charge on any atom is 0.271 e. The fourth-order valence-corrected chi connectivity index (χ4v) is 0.961. The molecule has 4 heteroatoms. The lowest BCUT2D eigenvalue weighted by molar-refractivity contribution is 0.0954. The van der Waals surface area contributed by atoms with E-state index in [2.05, 4.69) is 10.5 Å². The van der Waals surface area contributed by atoms with E-state index >= 15 is 0 Å². The van der Waals surface area contributed by atoms with Crippen molar-refractivity contribution < 1.29 is 9.90 Å². The van der Waals surface area contributed by atoms with Gasteiger partial charge in [0, 0.05) is 17.2 Å². The fraction of sp³-hybridized carbons (Fsp3) is 0.333. The third-order valence-corrected chi connectivity index (χ3v) is 2.02. The number of aliphatic hydroxyl groups is 1. The molecule has 1 amide bonds. The number of hydrogen-bond acceptors (Lipinski definition) is 3. The first kappa shape index (κ1) is 12.4. The van der Waals surface area contributed by atoms with Crippen molar-refractivity contribution in [2.45, 2.75) is 13.8 Å². The topological polar surface area (TPSA) is 61.7 Å². The van der Waals surface area contributed by atoms with Crippen molar-refractivity contribution in [2.75, 3.05) is 6.61 Å². The van der Waals surface area contributed by atoms with E-state index in [9.17, 15) is 4.79 Å². The molecule has 0 saturated heterocycles. The lowest BCUT2D eigenvalue weighted by Gasteiger charge is -2.14. The molecule has 1 aromatic carbocycles. The van der Waals surface area contributed by atoms with Gasteiger partial charge in [0.05, 0.1) is 6.61 Å². The van der Waals surface area contributed by atoms with E-state index < -0.39 is 5.41 Å². The Labute approximate surface area is 95.0 Å². The highest BCUT2D eigenvalue weighted by atomic mass is 16.3. The van der Waals surface area contributed by atoms with E-state index in [1.54, 1.807) is 24.3 Å². The van der Waals surface area contributed by atoms with Crippen LogP contribution in [0.3, 0.4) is 0 Å². The van der Waals surface area contributed by atoms with Crippen molar-refractivity contribution in [3.63, 3.8) is 0 Å². The number of hydrazone groups is 1. The average Bonchev–Trinajstić information content (AvgIpc) is 2.30. The molecule has 0 aromatic heterocycles. The van der Waals surface area contributed by atoms with Crippen LogP contribution in [0.15, 0.2) is 35.4 Å². The van der Waals surface area contributed by atoms with Crippen LogP contribution in [0.2, 0.25) is 0 Å². The molecule has 0 bridgehead atoms. The van der Waals surface area contributed by atoms with Gasteiger partial charge in [0.1, 0.15) is 0 Å².